The van der Waals surface area contributed by atoms with Crippen molar-refractivity contribution < 1.29 is 26.8 Å². The second-order valence-corrected chi connectivity index (χ2v) is 21.1. The van der Waals surface area contributed by atoms with Gasteiger partial charge in [0.25, 0.3) is 8.32 Å². The highest BCUT2D eigenvalue weighted by atomic mass is 35.5. The number of carbonyl (C=O) groups excluding carboxylic acids is 1. The summed E-state index contributed by atoms with van der Waals surface area (Å²) in [7, 11) is -7.36. The van der Waals surface area contributed by atoms with Gasteiger partial charge < -0.3 is 9.16 Å². The fraction of sp³-hybridized carbons (Fsp3) is 0.385. The second-order valence-electron chi connectivity index (χ2n) is 14.7. The van der Waals surface area contributed by atoms with Gasteiger partial charge in [0, 0.05) is 18.7 Å². The zero-order valence-corrected chi connectivity index (χ0v) is 32.9. The average molecular weight is 739 g/mol. The smallest absolute Gasteiger partial charge is 0.325 e. The Kier molecular flexibility index (Phi) is 12.2. The fourth-order valence-corrected chi connectivity index (χ4v) is 12.7. The number of nitrogens with one attached hydrogen (secondary N) is 1. The van der Waals surface area contributed by atoms with E-state index in [2.05, 4.69) is 54.7 Å². The summed E-state index contributed by atoms with van der Waals surface area (Å²) < 4.78 is 59.1. The molecule has 50 heavy (non-hydrogen) atoms. The number of rotatable bonds is 12. The van der Waals surface area contributed by atoms with Crippen molar-refractivity contribution in [2.45, 2.75) is 96.2 Å². The van der Waals surface area contributed by atoms with Crippen LogP contribution in [-0.2, 0) is 30.4 Å². The summed E-state index contributed by atoms with van der Waals surface area (Å²) in [6, 6.07) is 23.3. The van der Waals surface area contributed by atoms with Crippen molar-refractivity contribution in [1.29, 1.82) is 0 Å². The number of pyridine rings is 1. The number of carbonyl (C=O) groups is 1. The molecule has 1 heterocycles. The molecule has 0 radical (unpaired) electrons. The van der Waals surface area contributed by atoms with Crippen LogP contribution in [0.1, 0.15) is 76.6 Å². The van der Waals surface area contributed by atoms with Crippen molar-refractivity contribution in [3.63, 3.8) is 0 Å². The molecular weight excluding hydrogens is 691 g/mol. The van der Waals surface area contributed by atoms with Crippen LogP contribution in [0.2, 0.25) is 10.2 Å². The fourth-order valence-electron chi connectivity index (χ4n) is 6.45. The van der Waals surface area contributed by atoms with Crippen molar-refractivity contribution in [3.05, 3.63) is 118 Å². The lowest BCUT2D eigenvalue weighted by Crippen LogP contribution is -2.66. The molecule has 0 saturated carbocycles. The number of ether oxygens (including phenoxy) is 1. The highest BCUT2D eigenvalue weighted by Crippen LogP contribution is 2.37. The van der Waals surface area contributed by atoms with Crippen LogP contribution in [0.15, 0.2) is 90.0 Å². The Labute approximate surface area is 302 Å². The number of nitrogens with zero attached hydrogens (tertiary/aromatic N) is 1. The summed E-state index contributed by atoms with van der Waals surface area (Å²) in [4.78, 5) is 17.6. The normalized spacial score (nSPS) is 13.9. The summed E-state index contributed by atoms with van der Waals surface area (Å²) in [5, 5.41) is 2.00. The first-order valence-electron chi connectivity index (χ1n) is 16.7. The quantitative estimate of drug-likeness (QED) is 0.0925. The molecule has 4 rings (SSSR count). The molecule has 0 fully saturated rings. The zero-order valence-electron chi connectivity index (χ0n) is 30.3. The maximum Gasteiger partial charge on any atom is 0.325 e. The minimum atomic E-state index is -4.43. The Morgan fingerprint density at radius 2 is 1.50 bits per heavy atom. The predicted octanol–water partition coefficient (Wildman–Crippen LogP) is 7.40. The number of aryl methyl sites for hydroxylation is 1. The van der Waals surface area contributed by atoms with Gasteiger partial charge in [-0.3, -0.25) is 4.79 Å². The molecule has 3 aromatic carbocycles. The van der Waals surface area contributed by atoms with E-state index in [1.54, 1.807) is 40.7 Å². The van der Waals surface area contributed by atoms with Crippen molar-refractivity contribution in [1.82, 2.24) is 9.71 Å². The number of hydrogen-bond donors (Lipinski definition) is 1. The van der Waals surface area contributed by atoms with Crippen molar-refractivity contribution in [3.8, 4) is 0 Å². The Balaban J connectivity index is 1.73. The monoisotopic (exact) mass is 738 g/mol. The molecule has 0 aliphatic heterocycles. The van der Waals surface area contributed by atoms with E-state index in [0.717, 1.165) is 15.9 Å². The molecular formula is C39H48ClFN2O5SSi. The van der Waals surface area contributed by atoms with E-state index in [-0.39, 0.29) is 33.7 Å². The zero-order chi connectivity index (χ0) is 37.1. The molecule has 0 spiro atoms. The molecule has 0 aliphatic rings. The lowest BCUT2D eigenvalue weighted by atomic mass is 9.88. The summed E-state index contributed by atoms with van der Waals surface area (Å²) in [5.41, 5.74) is 1.11. The lowest BCUT2D eigenvalue weighted by molar-refractivity contribution is -0.157. The topological polar surface area (TPSA) is 94.6 Å². The molecule has 1 aromatic heterocycles. The number of esters is 1. The number of halogens is 2. The summed E-state index contributed by atoms with van der Waals surface area (Å²) in [6.45, 7) is 16.9. The van der Waals surface area contributed by atoms with Crippen LogP contribution in [0.4, 0.5) is 4.39 Å². The van der Waals surface area contributed by atoms with Crippen molar-refractivity contribution in [2.75, 3.05) is 6.61 Å². The highest BCUT2D eigenvalue weighted by molar-refractivity contribution is 7.89. The Hall–Kier alpha value is -3.41. The van der Waals surface area contributed by atoms with Gasteiger partial charge in [0.2, 0.25) is 10.0 Å². The number of benzene rings is 3. The third-order valence-electron chi connectivity index (χ3n) is 8.94. The van der Waals surface area contributed by atoms with Crippen molar-refractivity contribution >= 4 is 46.3 Å². The molecule has 0 amide bonds. The third kappa shape index (κ3) is 8.72. The maximum absolute atomic E-state index is 15.3. The first-order chi connectivity index (χ1) is 23.3. The van der Waals surface area contributed by atoms with Crippen LogP contribution in [0.3, 0.4) is 0 Å². The van der Waals surface area contributed by atoms with Gasteiger partial charge in [0.05, 0.1) is 0 Å². The van der Waals surface area contributed by atoms with Gasteiger partial charge >= 0.3 is 5.97 Å². The molecule has 11 heteroatoms. The molecule has 0 aliphatic carbocycles. The van der Waals surface area contributed by atoms with E-state index < -0.39 is 47.7 Å². The van der Waals surface area contributed by atoms with Gasteiger partial charge in [-0.15, -0.1) is 0 Å². The number of hydrogen-bond acceptors (Lipinski definition) is 6. The van der Waals surface area contributed by atoms with Crippen LogP contribution < -0.4 is 15.1 Å². The number of aromatic nitrogens is 1. The van der Waals surface area contributed by atoms with E-state index in [1.807, 2.05) is 43.3 Å². The van der Waals surface area contributed by atoms with Gasteiger partial charge in [-0.1, -0.05) is 106 Å². The summed E-state index contributed by atoms with van der Waals surface area (Å²) in [5.74, 6) is -2.28. The summed E-state index contributed by atoms with van der Waals surface area (Å²) >= 11 is 6.33. The highest BCUT2D eigenvalue weighted by Gasteiger charge is 2.50. The molecule has 7 nitrogen and oxygen atoms in total. The largest absolute Gasteiger partial charge is 0.459 e. The first-order valence-corrected chi connectivity index (χ1v) is 20.5. The lowest BCUT2D eigenvalue weighted by Gasteiger charge is -2.43. The minimum Gasteiger partial charge on any atom is -0.459 e. The number of sulfonamides is 1. The first kappa shape index (κ1) is 39.4. The van der Waals surface area contributed by atoms with E-state index >= 15 is 4.39 Å². The molecule has 1 N–H and O–H groups in total. The van der Waals surface area contributed by atoms with Gasteiger partial charge in [0.15, 0.2) is 0 Å². The third-order valence-corrected chi connectivity index (χ3v) is 15.7. The van der Waals surface area contributed by atoms with Crippen LogP contribution in [-0.4, -0.2) is 45.9 Å². The molecule has 0 bridgehead atoms. The van der Waals surface area contributed by atoms with Crippen LogP contribution in [0, 0.1) is 19.7 Å². The van der Waals surface area contributed by atoms with E-state index in [0.29, 0.717) is 11.1 Å². The predicted molar refractivity (Wildman–Crippen MR) is 201 cm³/mol. The van der Waals surface area contributed by atoms with E-state index in [4.69, 9.17) is 20.8 Å². The molecule has 4 aromatic rings. The van der Waals surface area contributed by atoms with Gasteiger partial charge in [-0.25, -0.2) is 17.8 Å². The van der Waals surface area contributed by atoms with Crippen LogP contribution >= 0.6 is 11.6 Å². The Morgan fingerprint density at radius 1 is 0.940 bits per heavy atom. The minimum absolute atomic E-state index is 0.110. The summed E-state index contributed by atoms with van der Waals surface area (Å²) in [6.07, 6.45) is 1.36. The SMILES string of the molecule is Cc1ccc(F)c(C(C)[C@H](NS(=O)(=O)c2cnc(Cl)cc2CCO[Si](c2ccccc2)(c2ccccc2)C(C)(C)C)C(=O)OC(C)(C)C)c1C. The molecule has 2 atom stereocenters. The van der Waals surface area contributed by atoms with Gasteiger partial charge in [-0.2, -0.15) is 4.72 Å². The van der Waals surface area contributed by atoms with E-state index in [9.17, 15) is 13.2 Å². The van der Waals surface area contributed by atoms with Gasteiger partial charge in [0.1, 0.15) is 27.5 Å². The standard InChI is InChI=1S/C39H48ClFN2O5SSi/c1-26-20-21-32(41)35(27(26)2)28(3)36(37(44)48-38(4,5)6)43-49(45,46)33-25-42-34(40)24-29(33)22-23-47-50(39(7,8)9,30-16-12-10-13-17-30)31-18-14-11-15-19-31/h10-21,24-25,28,36,43H,22-23H2,1-9H3/t28?,36-/m0/s1. The van der Waals surface area contributed by atoms with Crippen molar-refractivity contribution in [2.24, 2.45) is 0 Å². The molecule has 1 unspecified atom stereocenters. The van der Waals surface area contributed by atoms with Crippen LogP contribution in [0.25, 0.3) is 0 Å². The molecule has 0 saturated heterocycles. The van der Waals surface area contributed by atoms with E-state index in [1.165, 1.54) is 18.3 Å². The molecule has 268 valence electrons. The van der Waals surface area contributed by atoms with Crippen LogP contribution in [0.5, 0.6) is 0 Å². The average Bonchev–Trinajstić information content (AvgIpc) is 3.03. The maximum atomic E-state index is 15.3. The van der Waals surface area contributed by atoms with Gasteiger partial charge in [-0.05, 0) is 90.8 Å². The second kappa shape index (κ2) is 15.5. The Morgan fingerprint density at radius 3 is 2.02 bits per heavy atom. The Bertz CT molecular complexity index is 1870.